The number of amides is 1. The number of anilines is 1. The third kappa shape index (κ3) is 7.84. The Morgan fingerprint density at radius 1 is 0.977 bits per heavy atom. The van der Waals surface area contributed by atoms with Crippen molar-refractivity contribution in [3.05, 3.63) is 57.8 Å². The number of ether oxygens (including phenoxy) is 2. The first-order valence-electron chi connectivity index (χ1n) is 14.2. The molecular weight excluding hydrogens is 595 g/mol. The number of aromatic nitrogens is 3. The number of nitrogens with zero attached hydrogens (tertiary/aromatic N) is 6. The molecule has 3 aromatic rings. The maximum absolute atomic E-state index is 11.7. The van der Waals surface area contributed by atoms with Crippen LogP contribution in [0.2, 0.25) is 10.0 Å². The summed E-state index contributed by atoms with van der Waals surface area (Å²) in [4.78, 5) is 42.5. The summed E-state index contributed by atoms with van der Waals surface area (Å²) in [5.41, 5.74) is 3.36. The van der Waals surface area contributed by atoms with E-state index in [1.807, 2.05) is 30.0 Å². The average molecular weight is 630 g/mol. The van der Waals surface area contributed by atoms with Crippen molar-refractivity contribution < 1.29 is 24.2 Å². The predicted molar refractivity (Wildman–Crippen MR) is 163 cm³/mol. The lowest BCUT2D eigenvalue weighted by atomic mass is 9.93. The molecule has 0 saturated carbocycles. The summed E-state index contributed by atoms with van der Waals surface area (Å²) in [6.45, 7) is 6.28. The summed E-state index contributed by atoms with van der Waals surface area (Å²) < 4.78 is 11.0. The number of rotatable bonds is 8. The van der Waals surface area contributed by atoms with E-state index < -0.39 is 6.09 Å². The lowest BCUT2D eigenvalue weighted by Gasteiger charge is -2.33. The van der Waals surface area contributed by atoms with Crippen LogP contribution in [0.25, 0.3) is 11.3 Å². The molecule has 2 aliphatic heterocycles. The van der Waals surface area contributed by atoms with Crippen LogP contribution in [0.4, 0.5) is 10.6 Å². The second-order valence-corrected chi connectivity index (χ2v) is 11.7. The van der Waals surface area contributed by atoms with Gasteiger partial charge in [-0.05, 0) is 68.6 Å². The Kier molecular flexibility index (Phi) is 9.84. The topological polar surface area (TPSA) is 121 Å². The summed E-state index contributed by atoms with van der Waals surface area (Å²) in [5.74, 6) is 1.51. The van der Waals surface area contributed by atoms with Crippen molar-refractivity contribution in [1.82, 2.24) is 24.8 Å². The fourth-order valence-electron chi connectivity index (χ4n) is 5.41. The average Bonchev–Trinajstić information content (AvgIpc) is 3.00. The minimum absolute atomic E-state index is 0.160. The zero-order valence-corrected chi connectivity index (χ0v) is 25.6. The van der Waals surface area contributed by atoms with Crippen LogP contribution in [0.1, 0.15) is 30.4 Å². The molecule has 5 rings (SSSR count). The predicted octanol–water partition coefficient (Wildman–Crippen LogP) is 5.52. The van der Waals surface area contributed by atoms with E-state index in [-0.39, 0.29) is 5.97 Å². The fraction of sp³-hybridized carbons (Fsp3) is 0.433. The fourth-order valence-corrected chi connectivity index (χ4v) is 5.94. The molecular formula is C30H34Cl2N6O5. The van der Waals surface area contributed by atoms with E-state index in [0.29, 0.717) is 78.4 Å². The van der Waals surface area contributed by atoms with E-state index in [2.05, 4.69) is 14.9 Å². The molecule has 11 nitrogen and oxygen atoms in total. The Hall–Kier alpha value is -3.67. The molecule has 1 aromatic carbocycles. The van der Waals surface area contributed by atoms with Gasteiger partial charge in [-0.25, -0.2) is 19.7 Å². The molecule has 4 heterocycles. The Bertz CT molecular complexity index is 1440. The maximum Gasteiger partial charge on any atom is 0.407 e. The smallest absolute Gasteiger partial charge is 0.407 e. The number of hydrogen-bond donors (Lipinski definition) is 1. The lowest BCUT2D eigenvalue weighted by molar-refractivity contribution is -0.142. The van der Waals surface area contributed by atoms with Crippen molar-refractivity contribution in [2.75, 3.05) is 51.3 Å². The van der Waals surface area contributed by atoms with Crippen LogP contribution in [0, 0.1) is 12.8 Å². The molecule has 228 valence electrons. The van der Waals surface area contributed by atoms with Crippen LogP contribution in [-0.4, -0.2) is 88.3 Å². The highest BCUT2D eigenvalue weighted by Gasteiger charge is 2.24. The lowest BCUT2D eigenvalue weighted by Crippen LogP contribution is -2.48. The highest BCUT2D eigenvalue weighted by atomic mass is 35.5. The maximum atomic E-state index is 11.7. The van der Waals surface area contributed by atoms with Gasteiger partial charge in [0.25, 0.3) is 0 Å². The largest absolute Gasteiger partial charge is 0.469 e. The van der Waals surface area contributed by atoms with E-state index in [0.717, 1.165) is 42.6 Å². The molecule has 0 radical (unpaired) electrons. The first-order chi connectivity index (χ1) is 20.7. The van der Waals surface area contributed by atoms with Crippen molar-refractivity contribution in [2.45, 2.75) is 32.7 Å². The highest BCUT2D eigenvalue weighted by Crippen LogP contribution is 2.33. The molecule has 2 aliphatic rings. The van der Waals surface area contributed by atoms with Gasteiger partial charge in [-0.1, -0.05) is 23.2 Å². The van der Waals surface area contributed by atoms with Crippen molar-refractivity contribution in [2.24, 2.45) is 5.92 Å². The number of piperazine rings is 1. The second-order valence-electron chi connectivity index (χ2n) is 10.8. The van der Waals surface area contributed by atoms with Gasteiger partial charge in [-0.15, -0.1) is 0 Å². The standard InChI is InChI=1S/C30H34Cl2N6O5/c1-19-22(18-36-5-3-20(4-6-36)11-28(39)42-2)14-25(21-12-23(31)15-24(32)13-21)35-29(19)43-27-17-33-26(16-34-27)37-7-9-38(10-8-37)30(40)41/h12-17,20H,3-11,18H2,1-2H3,(H,40,41). The van der Waals surface area contributed by atoms with E-state index in [4.69, 9.17) is 37.7 Å². The molecule has 0 atom stereocenters. The van der Waals surface area contributed by atoms with Crippen LogP contribution in [-0.2, 0) is 16.1 Å². The Morgan fingerprint density at radius 3 is 2.28 bits per heavy atom. The van der Waals surface area contributed by atoms with Crippen molar-refractivity contribution in [1.29, 1.82) is 0 Å². The second kappa shape index (κ2) is 13.7. The van der Waals surface area contributed by atoms with E-state index in [9.17, 15) is 14.7 Å². The molecule has 2 saturated heterocycles. The Morgan fingerprint density at radius 2 is 1.67 bits per heavy atom. The zero-order chi connectivity index (χ0) is 30.5. The minimum Gasteiger partial charge on any atom is -0.469 e. The van der Waals surface area contributed by atoms with E-state index >= 15 is 0 Å². The molecule has 1 N–H and O–H groups in total. The number of benzene rings is 1. The molecule has 13 heteroatoms. The normalized spacial score (nSPS) is 16.3. The molecule has 0 aliphatic carbocycles. The quantitative estimate of drug-likeness (QED) is 0.319. The summed E-state index contributed by atoms with van der Waals surface area (Å²) >= 11 is 12.6. The molecule has 2 fully saturated rings. The summed E-state index contributed by atoms with van der Waals surface area (Å²) in [5, 5.41) is 10.2. The minimum atomic E-state index is -0.915. The number of carboxylic acid groups (broad SMARTS) is 1. The summed E-state index contributed by atoms with van der Waals surface area (Å²) in [6.07, 6.45) is 4.56. The van der Waals surface area contributed by atoms with Gasteiger partial charge >= 0.3 is 12.1 Å². The van der Waals surface area contributed by atoms with Gasteiger partial charge in [0.05, 0.1) is 25.2 Å². The van der Waals surface area contributed by atoms with Gasteiger partial charge in [0.1, 0.15) is 5.82 Å². The van der Waals surface area contributed by atoms with E-state index in [1.54, 1.807) is 18.5 Å². The zero-order valence-electron chi connectivity index (χ0n) is 24.1. The molecule has 0 spiro atoms. The first kappa shape index (κ1) is 30.8. The van der Waals surface area contributed by atoms with Crippen molar-refractivity contribution in [3.8, 4) is 23.0 Å². The van der Waals surface area contributed by atoms with Crippen LogP contribution in [0.15, 0.2) is 36.7 Å². The highest BCUT2D eigenvalue weighted by molar-refractivity contribution is 6.35. The number of hydrogen-bond acceptors (Lipinski definition) is 9. The van der Waals surface area contributed by atoms with Gasteiger partial charge in [0, 0.05) is 60.3 Å². The van der Waals surface area contributed by atoms with E-state index in [1.165, 1.54) is 12.0 Å². The Balaban J connectivity index is 1.35. The van der Waals surface area contributed by atoms with Gasteiger partial charge < -0.3 is 24.4 Å². The number of esters is 1. The van der Waals surface area contributed by atoms with Gasteiger partial charge in [0.15, 0.2) is 0 Å². The number of carbonyl (C=O) groups excluding carboxylic acids is 1. The van der Waals surface area contributed by atoms with Crippen LogP contribution >= 0.6 is 23.2 Å². The number of halogens is 2. The molecule has 1 amide bonds. The Labute approximate surface area is 260 Å². The molecule has 2 aromatic heterocycles. The SMILES string of the molecule is COC(=O)CC1CCN(Cc2cc(-c3cc(Cl)cc(Cl)c3)nc(Oc3cnc(N4CCN(C(=O)O)CC4)cn3)c2C)CC1. The number of likely N-dealkylation sites (tertiary alicyclic amines) is 1. The summed E-state index contributed by atoms with van der Waals surface area (Å²) in [6, 6.07) is 7.35. The van der Waals surface area contributed by atoms with Crippen molar-refractivity contribution >= 4 is 41.1 Å². The monoisotopic (exact) mass is 628 g/mol. The number of carbonyl (C=O) groups is 2. The third-order valence-corrected chi connectivity index (χ3v) is 8.40. The number of methoxy groups -OCH3 is 1. The first-order valence-corrected chi connectivity index (χ1v) is 14.9. The molecule has 0 bridgehead atoms. The molecule has 43 heavy (non-hydrogen) atoms. The van der Waals surface area contributed by atoms with Crippen LogP contribution in [0.5, 0.6) is 11.8 Å². The van der Waals surface area contributed by atoms with Crippen LogP contribution < -0.4 is 9.64 Å². The summed E-state index contributed by atoms with van der Waals surface area (Å²) in [7, 11) is 1.43. The van der Waals surface area contributed by atoms with Gasteiger partial charge in [-0.3, -0.25) is 9.69 Å². The van der Waals surface area contributed by atoms with Crippen molar-refractivity contribution in [3.63, 3.8) is 0 Å². The van der Waals surface area contributed by atoms with Gasteiger partial charge in [0.2, 0.25) is 11.8 Å². The molecule has 0 unspecified atom stereocenters. The van der Waals surface area contributed by atoms with Gasteiger partial charge in [-0.2, -0.15) is 0 Å². The van der Waals surface area contributed by atoms with Crippen LogP contribution in [0.3, 0.4) is 0 Å². The third-order valence-electron chi connectivity index (χ3n) is 7.97. The number of pyridine rings is 1. The number of piperidine rings is 1.